The highest BCUT2D eigenvalue weighted by atomic mass is 16.3. The maximum absolute atomic E-state index is 8.86. The van der Waals surface area contributed by atoms with Crippen LogP contribution in [0.5, 0.6) is 0 Å². The number of anilines is 2. The van der Waals surface area contributed by atoms with Gasteiger partial charge in [0.1, 0.15) is 0 Å². The Labute approximate surface area is 168 Å². The Bertz CT molecular complexity index is 562. The maximum atomic E-state index is 8.86. The minimum atomic E-state index is 0.105. The number of rotatable bonds is 10. The van der Waals surface area contributed by atoms with E-state index in [1.54, 1.807) is 0 Å². The predicted octanol–water partition coefficient (Wildman–Crippen LogP) is 1.57. The van der Waals surface area contributed by atoms with Gasteiger partial charge >= 0.3 is 0 Å². The van der Waals surface area contributed by atoms with Crippen molar-refractivity contribution < 1.29 is 20.4 Å². The van der Waals surface area contributed by atoms with Crippen LogP contribution in [0.1, 0.15) is 11.1 Å². The molecule has 0 atom stereocenters. The molecule has 0 aliphatic heterocycles. The number of hydrogen-bond acceptors (Lipinski definition) is 6. The first-order valence-corrected chi connectivity index (χ1v) is 9.62. The summed E-state index contributed by atoms with van der Waals surface area (Å²) in [6, 6.07) is 16.1. The molecule has 28 heavy (non-hydrogen) atoms. The molecule has 0 heterocycles. The van der Waals surface area contributed by atoms with Crippen molar-refractivity contribution in [3.63, 3.8) is 0 Å². The maximum Gasteiger partial charge on any atom is 0.0606 e. The highest BCUT2D eigenvalue weighted by Crippen LogP contribution is 2.15. The number of aliphatic hydroxyl groups is 4. The molecular formula is C22H34N2O4. The van der Waals surface area contributed by atoms with Crippen molar-refractivity contribution in [2.24, 2.45) is 0 Å². The standard InChI is InChI=1S/2C11H17NO2/c2*1-10-2-4-11(5-3-10)12(6-8-13)7-9-14/h2*2-5,13-14H,6-9H2,1H3. The van der Waals surface area contributed by atoms with E-state index in [9.17, 15) is 0 Å². The van der Waals surface area contributed by atoms with E-state index in [-0.39, 0.29) is 26.4 Å². The zero-order chi connectivity index (χ0) is 20.8. The Balaban J connectivity index is 0.000000280. The molecule has 0 saturated carbocycles. The van der Waals surface area contributed by atoms with Gasteiger partial charge in [-0.05, 0) is 38.1 Å². The summed E-state index contributed by atoms with van der Waals surface area (Å²) in [6.07, 6.45) is 0. The zero-order valence-corrected chi connectivity index (χ0v) is 17.0. The summed E-state index contributed by atoms with van der Waals surface area (Å²) in [6.45, 7) is 6.72. The summed E-state index contributed by atoms with van der Waals surface area (Å²) in [7, 11) is 0. The molecule has 0 aliphatic carbocycles. The van der Waals surface area contributed by atoms with Gasteiger partial charge in [-0.15, -0.1) is 0 Å². The van der Waals surface area contributed by atoms with E-state index in [4.69, 9.17) is 20.4 Å². The summed E-state index contributed by atoms with van der Waals surface area (Å²) in [5, 5.41) is 35.4. The lowest BCUT2D eigenvalue weighted by atomic mass is 10.2. The molecule has 0 fully saturated rings. The minimum Gasteiger partial charge on any atom is -0.395 e. The first-order valence-electron chi connectivity index (χ1n) is 9.62. The van der Waals surface area contributed by atoms with Crippen LogP contribution in [0.25, 0.3) is 0 Å². The molecule has 0 spiro atoms. The van der Waals surface area contributed by atoms with Crippen LogP contribution in [0, 0.1) is 13.8 Å². The average molecular weight is 391 g/mol. The van der Waals surface area contributed by atoms with Gasteiger partial charge in [-0.2, -0.15) is 0 Å². The summed E-state index contributed by atoms with van der Waals surface area (Å²) in [5.41, 5.74) is 4.50. The van der Waals surface area contributed by atoms with Crippen molar-refractivity contribution in [2.45, 2.75) is 13.8 Å². The van der Waals surface area contributed by atoms with Crippen LogP contribution in [0.3, 0.4) is 0 Å². The monoisotopic (exact) mass is 390 g/mol. The Morgan fingerprint density at radius 3 is 0.964 bits per heavy atom. The lowest BCUT2D eigenvalue weighted by molar-refractivity contribution is 0.280. The van der Waals surface area contributed by atoms with Crippen molar-refractivity contribution in [2.75, 3.05) is 62.4 Å². The molecule has 2 rings (SSSR count). The van der Waals surface area contributed by atoms with Crippen molar-refractivity contribution in [3.8, 4) is 0 Å². The lowest BCUT2D eigenvalue weighted by Gasteiger charge is -2.22. The molecule has 0 amide bonds. The van der Waals surface area contributed by atoms with Crippen LogP contribution in [0.15, 0.2) is 48.5 Å². The Hall–Kier alpha value is -2.12. The molecule has 2 aromatic carbocycles. The van der Waals surface area contributed by atoms with Gasteiger partial charge in [-0.25, -0.2) is 0 Å². The molecule has 156 valence electrons. The first-order chi connectivity index (χ1) is 13.5. The van der Waals surface area contributed by atoms with E-state index in [2.05, 4.69) is 0 Å². The largest absolute Gasteiger partial charge is 0.395 e. The van der Waals surface area contributed by atoms with E-state index in [1.807, 2.05) is 72.2 Å². The molecule has 6 nitrogen and oxygen atoms in total. The third-order valence-corrected chi connectivity index (χ3v) is 4.28. The van der Waals surface area contributed by atoms with Crippen LogP contribution in [0.2, 0.25) is 0 Å². The van der Waals surface area contributed by atoms with Crippen molar-refractivity contribution >= 4 is 11.4 Å². The number of hydrogen-bond donors (Lipinski definition) is 4. The van der Waals surface area contributed by atoms with Gasteiger partial charge in [-0.1, -0.05) is 35.4 Å². The van der Waals surface area contributed by atoms with Gasteiger partial charge in [0, 0.05) is 37.6 Å². The molecule has 0 bridgehead atoms. The fourth-order valence-electron chi connectivity index (χ4n) is 2.73. The van der Waals surface area contributed by atoms with Gasteiger partial charge in [-0.3, -0.25) is 0 Å². The third-order valence-electron chi connectivity index (χ3n) is 4.28. The predicted molar refractivity (Wildman–Crippen MR) is 115 cm³/mol. The molecular weight excluding hydrogens is 356 g/mol. The van der Waals surface area contributed by atoms with Gasteiger partial charge in [0.15, 0.2) is 0 Å². The second kappa shape index (κ2) is 14.0. The molecule has 0 saturated heterocycles. The van der Waals surface area contributed by atoms with E-state index in [0.29, 0.717) is 26.2 Å². The highest BCUT2D eigenvalue weighted by molar-refractivity contribution is 5.48. The van der Waals surface area contributed by atoms with Crippen LogP contribution in [-0.4, -0.2) is 73.0 Å². The molecule has 0 radical (unpaired) electrons. The van der Waals surface area contributed by atoms with Gasteiger partial charge in [0.2, 0.25) is 0 Å². The topological polar surface area (TPSA) is 87.4 Å². The van der Waals surface area contributed by atoms with Crippen molar-refractivity contribution in [3.05, 3.63) is 59.7 Å². The van der Waals surface area contributed by atoms with Crippen molar-refractivity contribution in [1.29, 1.82) is 0 Å². The van der Waals surface area contributed by atoms with Gasteiger partial charge in [0.25, 0.3) is 0 Å². The van der Waals surface area contributed by atoms with Gasteiger partial charge in [0.05, 0.1) is 26.4 Å². The summed E-state index contributed by atoms with van der Waals surface area (Å²) in [4.78, 5) is 3.92. The Morgan fingerprint density at radius 1 is 0.500 bits per heavy atom. The first kappa shape index (κ1) is 23.9. The Morgan fingerprint density at radius 2 is 0.750 bits per heavy atom. The molecule has 0 unspecified atom stereocenters. The van der Waals surface area contributed by atoms with Gasteiger partial charge < -0.3 is 30.2 Å². The molecule has 2 aromatic rings. The second-order valence-corrected chi connectivity index (χ2v) is 6.54. The number of benzene rings is 2. The average Bonchev–Trinajstić information content (AvgIpc) is 2.69. The minimum absolute atomic E-state index is 0.105. The van der Waals surface area contributed by atoms with Crippen LogP contribution in [-0.2, 0) is 0 Å². The van der Waals surface area contributed by atoms with E-state index in [1.165, 1.54) is 11.1 Å². The number of aryl methyl sites for hydroxylation is 2. The Kier molecular flexibility index (Phi) is 11.9. The fourth-order valence-corrected chi connectivity index (χ4v) is 2.73. The molecule has 0 aliphatic rings. The van der Waals surface area contributed by atoms with E-state index >= 15 is 0 Å². The normalized spacial score (nSPS) is 10.2. The quantitative estimate of drug-likeness (QED) is 0.493. The zero-order valence-electron chi connectivity index (χ0n) is 17.0. The molecule has 6 heteroatoms. The van der Waals surface area contributed by atoms with Crippen LogP contribution in [0.4, 0.5) is 11.4 Å². The summed E-state index contributed by atoms with van der Waals surface area (Å²) >= 11 is 0. The highest BCUT2D eigenvalue weighted by Gasteiger charge is 2.04. The SMILES string of the molecule is Cc1ccc(N(CCO)CCO)cc1.Cc1ccc(N(CCO)CCO)cc1. The van der Waals surface area contributed by atoms with E-state index < -0.39 is 0 Å². The van der Waals surface area contributed by atoms with E-state index in [0.717, 1.165) is 11.4 Å². The fraction of sp³-hybridized carbons (Fsp3) is 0.455. The molecule has 4 N–H and O–H groups in total. The van der Waals surface area contributed by atoms with Crippen molar-refractivity contribution in [1.82, 2.24) is 0 Å². The van der Waals surface area contributed by atoms with Crippen LogP contribution >= 0.6 is 0 Å². The lowest BCUT2D eigenvalue weighted by Crippen LogP contribution is -2.29. The second-order valence-electron chi connectivity index (χ2n) is 6.54. The van der Waals surface area contributed by atoms with Crippen LogP contribution < -0.4 is 9.80 Å². The number of nitrogens with zero attached hydrogens (tertiary/aromatic N) is 2. The summed E-state index contributed by atoms with van der Waals surface area (Å²) < 4.78 is 0. The molecule has 0 aromatic heterocycles. The number of aliphatic hydroxyl groups excluding tert-OH is 4. The summed E-state index contributed by atoms with van der Waals surface area (Å²) in [5.74, 6) is 0. The third kappa shape index (κ3) is 8.71. The smallest absolute Gasteiger partial charge is 0.0606 e.